The summed E-state index contributed by atoms with van der Waals surface area (Å²) in [6, 6.07) is 18.4. The summed E-state index contributed by atoms with van der Waals surface area (Å²) >= 11 is 0. The van der Waals surface area contributed by atoms with Crippen LogP contribution in [0.3, 0.4) is 0 Å². The van der Waals surface area contributed by atoms with Gasteiger partial charge in [0.15, 0.2) is 5.82 Å². The van der Waals surface area contributed by atoms with E-state index in [9.17, 15) is 8.42 Å². The molecule has 0 N–H and O–H groups in total. The van der Waals surface area contributed by atoms with Crippen molar-refractivity contribution in [3.63, 3.8) is 0 Å². The second kappa shape index (κ2) is 9.61. The summed E-state index contributed by atoms with van der Waals surface area (Å²) in [5.41, 5.74) is 5.52. The summed E-state index contributed by atoms with van der Waals surface area (Å²) in [4.78, 5) is 12.1. The first-order valence-electron chi connectivity index (χ1n) is 11.5. The monoisotopic (exact) mass is 464 g/mol. The van der Waals surface area contributed by atoms with E-state index < -0.39 is 15.3 Å². The molecule has 6 nitrogen and oxygen atoms in total. The standard InChI is InChI=1S/C26H32N4O2S/c1-19(2)33(31,32)30-16-14-29(15-17-30)26-24(18-23-13-9-8-10-20(23)3)21(4)27-25(28-26)22-11-6-5-7-12-22/h5-13,19H,14-18H2,1-4H3. The molecule has 0 atom stereocenters. The van der Waals surface area contributed by atoms with Crippen LogP contribution in [0, 0.1) is 13.8 Å². The van der Waals surface area contributed by atoms with Crippen molar-refractivity contribution in [3.8, 4) is 11.4 Å². The minimum absolute atomic E-state index is 0.411. The van der Waals surface area contributed by atoms with Crippen LogP contribution in [0.5, 0.6) is 0 Å². The molecule has 7 heteroatoms. The van der Waals surface area contributed by atoms with Gasteiger partial charge in [-0.2, -0.15) is 4.31 Å². The highest BCUT2D eigenvalue weighted by atomic mass is 32.2. The first-order valence-corrected chi connectivity index (χ1v) is 13.0. The second-order valence-corrected chi connectivity index (χ2v) is 11.4. The maximum Gasteiger partial charge on any atom is 0.216 e. The lowest BCUT2D eigenvalue weighted by atomic mass is 9.99. The Morgan fingerprint density at radius 1 is 0.879 bits per heavy atom. The van der Waals surface area contributed by atoms with Crippen molar-refractivity contribution in [1.82, 2.24) is 14.3 Å². The normalized spacial score (nSPS) is 15.2. The highest BCUT2D eigenvalue weighted by Crippen LogP contribution is 2.29. The largest absolute Gasteiger partial charge is 0.354 e. The van der Waals surface area contributed by atoms with Crippen molar-refractivity contribution in [2.24, 2.45) is 0 Å². The van der Waals surface area contributed by atoms with E-state index in [1.807, 2.05) is 37.3 Å². The number of piperazine rings is 1. The molecule has 1 fully saturated rings. The topological polar surface area (TPSA) is 66.4 Å². The first kappa shape index (κ1) is 23.4. The van der Waals surface area contributed by atoms with E-state index in [4.69, 9.17) is 9.97 Å². The minimum Gasteiger partial charge on any atom is -0.354 e. The fourth-order valence-corrected chi connectivity index (χ4v) is 5.49. The summed E-state index contributed by atoms with van der Waals surface area (Å²) in [7, 11) is -3.26. The van der Waals surface area contributed by atoms with Gasteiger partial charge in [-0.1, -0.05) is 54.6 Å². The predicted molar refractivity (Wildman–Crippen MR) is 134 cm³/mol. The lowest BCUT2D eigenvalue weighted by Crippen LogP contribution is -2.51. The van der Waals surface area contributed by atoms with Crippen molar-refractivity contribution in [3.05, 3.63) is 77.0 Å². The number of aryl methyl sites for hydroxylation is 2. The quantitative estimate of drug-likeness (QED) is 0.547. The van der Waals surface area contributed by atoms with Gasteiger partial charge in [0, 0.05) is 49.4 Å². The molecule has 4 rings (SSSR count). The number of aromatic nitrogens is 2. The van der Waals surface area contributed by atoms with Gasteiger partial charge in [-0.3, -0.25) is 0 Å². The summed E-state index contributed by atoms with van der Waals surface area (Å²) < 4.78 is 26.9. The highest BCUT2D eigenvalue weighted by molar-refractivity contribution is 7.89. The lowest BCUT2D eigenvalue weighted by Gasteiger charge is -2.36. The molecule has 0 unspecified atom stereocenters. The van der Waals surface area contributed by atoms with Crippen molar-refractivity contribution in [2.75, 3.05) is 31.1 Å². The molecule has 33 heavy (non-hydrogen) atoms. The molecular weight excluding hydrogens is 432 g/mol. The average molecular weight is 465 g/mol. The smallest absolute Gasteiger partial charge is 0.216 e. The van der Waals surface area contributed by atoms with Gasteiger partial charge in [0.1, 0.15) is 5.82 Å². The van der Waals surface area contributed by atoms with Crippen LogP contribution < -0.4 is 4.90 Å². The van der Waals surface area contributed by atoms with Crippen LogP contribution in [0.15, 0.2) is 54.6 Å². The zero-order valence-electron chi connectivity index (χ0n) is 19.8. The number of hydrogen-bond acceptors (Lipinski definition) is 5. The van der Waals surface area contributed by atoms with E-state index in [0.29, 0.717) is 32.0 Å². The van der Waals surface area contributed by atoms with E-state index in [1.165, 1.54) is 11.1 Å². The Morgan fingerprint density at radius 2 is 1.52 bits per heavy atom. The molecule has 0 amide bonds. The van der Waals surface area contributed by atoms with Crippen molar-refractivity contribution in [1.29, 1.82) is 0 Å². The molecule has 174 valence electrons. The SMILES string of the molecule is Cc1ccccc1Cc1c(C)nc(-c2ccccc2)nc1N1CCN(S(=O)(=O)C(C)C)CC1. The third-order valence-corrected chi connectivity index (χ3v) is 8.62. The van der Waals surface area contributed by atoms with Gasteiger partial charge in [-0.15, -0.1) is 0 Å². The Balaban J connectivity index is 1.71. The maximum absolute atomic E-state index is 12.6. The predicted octanol–water partition coefficient (Wildman–Crippen LogP) is 4.21. The molecule has 1 aliphatic heterocycles. The fourth-order valence-electron chi connectivity index (χ4n) is 4.22. The molecular formula is C26H32N4O2S. The molecule has 0 spiro atoms. The Labute approximate surface area is 197 Å². The zero-order valence-corrected chi connectivity index (χ0v) is 20.6. The van der Waals surface area contributed by atoms with Crippen LogP contribution in [0.4, 0.5) is 5.82 Å². The van der Waals surface area contributed by atoms with Crippen LogP contribution in [0.2, 0.25) is 0 Å². The highest BCUT2D eigenvalue weighted by Gasteiger charge is 2.31. The van der Waals surface area contributed by atoms with Crippen LogP contribution in [-0.4, -0.2) is 54.1 Å². The van der Waals surface area contributed by atoms with Crippen LogP contribution in [0.25, 0.3) is 11.4 Å². The Kier molecular flexibility index (Phi) is 6.81. The summed E-state index contributed by atoms with van der Waals surface area (Å²) in [5.74, 6) is 1.61. The van der Waals surface area contributed by atoms with E-state index in [-0.39, 0.29) is 0 Å². The molecule has 2 heterocycles. The first-order chi connectivity index (χ1) is 15.8. The van der Waals surface area contributed by atoms with E-state index in [2.05, 4.69) is 36.1 Å². The van der Waals surface area contributed by atoms with Crippen molar-refractivity contribution >= 4 is 15.8 Å². The maximum atomic E-state index is 12.6. The van der Waals surface area contributed by atoms with E-state index in [1.54, 1.807) is 18.2 Å². The van der Waals surface area contributed by atoms with Gasteiger partial charge in [0.2, 0.25) is 10.0 Å². The van der Waals surface area contributed by atoms with Gasteiger partial charge in [-0.05, 0) is 38.8 Å². The van der Waals surface area contributed by atoms with E-state index >= 15 is 0 Å². The molecule has 1 saturated heterocycles. The van der Waals surface area contributed by atoms with Crippen LogP contribution in [0.1, 0.15) is 36.2 Å². The lowest BCUT2D eigenvalue weighted by molar-refractivity contribution is 0.379. The number of hydrogen-bond donors (Lipinski definition) is 0. The zero-order chi connectivity index (χ0) is 23.6. The van der Waals surface area contributed by atoms with Crippen molar-refractivity contribution < 1.29 is 8.42 Å². The van der Waals surface area contributed by atoms with Crippen LogP contribution in [-0.2, 0) is 16.4 Å². The van der Waals surface area contributed by atoms with Gasteiger partial charge < -0.3 is 4.90 Å². The minimum atomic E-state index is -3.26. The van der Waals surface area contributed by atoms with Gasteiger partial charge >= 0.3 is 0 Å². The molecule has 0 saturated carbocycles. The van der Waals surface area contributed by atoms with Crippen molar-refractivity contribution in [2.45, 2.75) is 39.4 Å². The van der Waals surface area contributed by atoms with Crippen LogP contribution >= 0.6 is 0 Å². The Morgan fingerprint density at radius 3 is 2.15 bits per heavy atom. The second-order valence-electron chi connectivity index (χ2n) is 8.88. The Hall–Kier alpha value is -2.77. The number of anilines is 1. The molecule has 0 aliphatic carbocycles. The molecule has 1 aliphatic rings. The van der Waals surface area contributed by atoms with Gasteiger partial charge in [-0.25, -0.2) is 18.4 Å². The molecule has 3 aromatic rings. The third-order valence-electron chi connectivity index (χ3n) is 6.35. The molecule has 0 radical (unpaired) electrons. The average Bonchev–Trinajstić information content (AvgIpc) is 2.82. The molecule has 2 aromatic carbocycles. The van der Waals surface area contributed by atoms with Gasteiger partial charge in [0.05, 0.1) is 5.25 Å². The van der Waals surface area contributed by atoms with Gasteiger partial charge in [0.25, 0.3) is 0 Å². The molecule has 1 aromatic heterocycles. The number of sulfonamides is 1. The number of nitrogens with zero attached hydrogens (tertiary/aromatic N) is 4. The number of benzene rings is 2. The third kappa shape index (κ3) is 4.94. The molecule has 0 bridgehead atoms. The Bertz CT molecular complexity index is 1220. The summed E-state index contributed by atoms with van der Waals surface area (Å²) in [5, 5.41) is -0.411. The fraction of sp³-hybridized carbons (Fsp3) is 0.385. The summed E-state index contributed by atoms with van der Waals surface area (Å²) in [6.07, 6.45) is 0.743. The summed E-state index contributed by atoms with van der Waals surface area (Å²) in [6.45, 7) is 9.80. The van der Waals surface area contributed by atoms with E-state index in [0.717, 1.165) is 29.1 Å². The number of rotatable bonds is 6.